The van der Waals surface area contributed by atoms with Crippen LogP contribution in [0.15, 0.2) is 71.2 Å². The number of ether oxygens (including phenoxy) is 1. The Balaban J connectivity index is 1.71. The van der Waals surface area contributed by atoms with Crippen molar-refractivity contribution in [3.63, 3.8) is 0 Å². The lowest BCUT2D eigenvalue weighted by atomic mass is 9.69. The van der Waals surface area contributed by atoms with Crippen LogP contribution in [0.2, 0.25) is 10.2 Å². The standard InChI is InChI=1S/C28H25Cl2N5O2/c1-28(2)12-22-25(23(36)13-28)24(19-11-15-10-16(29)4-9-21(15)33-26(19)30)20(14-31)27(32)35(22)34-17-5-7-18(37-3)8-6-17/h4-11,24,34H,12-13,32H2,1-3H3. The maximum absolute atomic E-state index is 13.7. The van der Waals surface area contributed by atoms with Gasteiger partial charge in [0.05, 0.1) is 41.6 Å². The third kappa shape index (κ3) is 4.48. The summed E-state index contributed by atoms with van der Waals surface area (Å²) in [5.41, 5.74) is 13.0. The fourth-order valence-corrected chi connectivity index (χ4v) is 5.52. The lowest BCUT2D eigenvalue weighted by molar-refractivity contribution is -0.118. The molecule has 0 bridgehead atoms. The highest BCUT2D eigenvalue weighted by Crippen LogP contribution is 2.50. The third-order valence-electron chi connectivity index (χ3n) is 6.78. The molecule has 0 amide bonds. The first-order chi connectivity index (χ1) is 17.6. The predicted octanol–water partition coefficient (Wildman–Crippen LogP) is 6.31. The van der Waals surface area contributed by atoms with Crippen molar-refractivity contribution in [2.75, 3.05) is 12.5 Å². The van der Waals surface area contributed by atoms with Crippen molar-refractivity contribution in [3.05, 3.63) is 86.9 Å². The summed E-state index contributed by atoms with van der Waals surface area (Å²) in [5, 5.41) is 13.5. The van der Waals surface area contributed by atoms with Gasteiger partial charge >= 0.3 is 0 Å². The van der Waals surface area contributed by atoms with Gasteiger partial charge in [-0.2, -0.15) is 5.26 Å². The minimum absolute atomic E-state index is 0.0553. The number of Topliss-reactive ketones (excluding diaryl/α,β-unsaturated/α-hetero) is 1. The number of nitrogens with two attached hydrogens (primary N) is 1. The summed E-state index contributed by atoms with van der Waals surface area (Å²) in [4.78, 5) is 18.3. The van der Waals surface area contributed by atoms with Gasteiger partial charge in [0.15, 0.2) is 5.78 Å². The first-order valence-corrected chi connectivity index (χ1v) is 12.5. The molecule has 5 rings (SSSR count). The first kappa shape index (κ1) is 24.9. The molecule has 3 N–H and O–H groups in total. The summed E-state index contributed by atoms with van der Waals surface area (Å²) < 4.78 is 5.25. The predicted molar refractivity (Wildman–Crippen MR) is 145 cm³/mol. The van der Waals surface area contributed by atoms with Gasteiger partial charge in [-0.1, -0.05) is 37.0 Å². The Morgan fingerprint density at radius 3 is 2.57 bits per heavy atom. The normalized spacial score (nSPS) is 19.1. The number of halogens is 2. The number of anilines is 1. The molecule has 37 heavy (non-hydrogen) atoms. The smallest absolute Gasteiger partial charge is 0.162 e. The lowest BCUT2D eigenvalue weighted by Gasteiger charge is -2.43. The van der Waals surface area contributed by atoms with Crippen LogP contribution in [0.25, 0.3) is 10.9 Å². The van der Waals surface area contributed by atoms with Crippen LogP contribution in [-0.4, -0.2) is 22.9 Å². The Labute approximate surface area is 225 Å². The maximum atomic E-state index is 13.7. The van der Waals surface area contributed by atoms with E-state index in [0.717, 1.165) is 11.1 Å². The number of pyridine rings is 1. The largest absolute Gasteiger partial charge is 0.497 e. The van der Waals surface area contributed by atoms with E-state index in [1.54, 1.807) is 30.3 Å². The van der Waals surface area contributed by atoms with Crippen LogP contribution < -0.4 is 15.9 Å². The van der Waals surface area contributed by atoms with Crippen molar-refractivity contribution >= 4 is 45.6 Å². The maximum Gasteiger partial charge on any atom is 0.162 e. The van der Waals surface area contributed by atoms with E-state index in [1.165, 1.54) is 0 Å². The van der Waals surface area contributed by atoms with Gasteiger partial charge in [0.25, 0.3) is 0 Å². The third-order valence-corrected chi connectivity index (χ3v) is 7.32. The van der Waals surface area contributed by atoms with Gasteiger partial charge in [0, 0.05) is 28.0 Å². The highest BCUT2D eigenvalue weighted by Gasteiger charge is 2.45. The van der Waals surface area contributed by atoms with Gasteiger partial charge in [0.2, 0.25) is 0 Å². The monoisotopic (exact) mass is 533 g/mol. The van der Waals surface area contributed by atoms with Gasteiger partial charge in [-0.3, -0.25) is 10.2 Å². The number of nitrogens with zero attached hydrogens (tertiary/aromatic N) is 3. The molecule has 0 radical (unpaired) electrons. The number of hydrogen-bond acceptors (Lipinski definition) is 7. The molecule has 0 fully saturated rings. The molecule has 1 aromatic heterocycles. The Hall–Kier alpha value is -3.73. The van der Waals surface area contributed by atoms with E-state index in [-0.39, 0.29) is 27.7 Å². The quantitative estimate of drug-likeness (QED) is 0.378. The number of ketones is 1. The lowest BCUT2D eigenvalue weighted by Crippen LogP contribution is -2.44. The van der Waals surface area contributed by atoms with E-state index in [0.29, 0.717) is 46.0 Å². The van der Waals surface area contributed by atoms with Crippen molar-refractivity contribution in [3.8, 4) is 11.8 Å². The molecular weight excluding hydrogens is 509 g/mol. The molecule has 2 heterocycles. The number of fused-ring (bicyclic) bond motifs is 1. The zero-order valence-electron chi connectivity index (χ0n) is 20.6. The molecule has 2 aromatic carbocycles. The average molecular weight is 534 g/mol. The molecule has 2 aliphatic rings. The van der Waals surface area contributed by atoms with Gasteiger partial charge in [-0.15, -0.1) is 0 Å². The van der Waals surface area contributed by atoms with Crippen LogP contribution in [0.4, 0.5) is 5.69 Å². The molecule has 0 saturated heterocycles. The zero-order valence-corrected chi connectivity index (χ0v) is 22.1. The molecule has 3 aromatic rings. The van der Waals surface area contributed by atoms with Gasteiger partial charge in [-0.25, -0.2) is 9.99 Å². The van der Waals surface area contributed by atoms with Crippen molar-refractivity contribution in [2.24, 2.45) is 11.1 Å². The fourth-order valence-electron chi connectivity index (χ4n) is 5.08. The van der Waals surface area contributed by atoms with Crippen LogP contribution >= 0.6 is 23.2 Å². The molecule has 0 saturated carbocycles. The first-order valence-electron chi connectivity index (χ1n) is 11.7. The second-order valence-corrected chi connectivity index (χ2v) is 10.8. The number of rotatable bonds is 4. The summed E-state index contributed by atoms with van der Waals surface area (Å²) >= 11 is 12.9. The van der Waals surface area contributed by atoms with Crippen molar-refractivity contribution in [1.29, 1.82) is 5.26 Å². The van der Waals surface area contributed by atoms with E-state index in [1.807, 2.05) is 44.2 Å². The summed E-state index contributed by atoms with van der Waals surface area (Å²) in [6.07, 6.45) is 0.902. The van der Waals surface area contributed by atoms with Crippen LogP contribution in [0.5, 0.6) is 5.75 Å². The van der Waals surface area contributed by atoms with Crippen LogP contribution in [0.1, 0.15) is 38.2 Å². The van der Waals surface area contributed by atoms with E-state index in [9.17, 15) is 10.1 Å². The van der Waals surface area contributed by atoms with E-state index in [2.05, 4.69) is 16.5 Å². The number of hydrazine groups is 1. The van der Waals surface area contributed by atoms with Crippen molar-refractivity contribution in [1.82, 2.24) is 9.99 Å². The SMILES string of the molecule is COc1ccc(NN2C(N)=C(C#N)C(c3cc4cc(Cl)ccc4nc3Cl)C3=C2CC(C)(C)CC3=O)cc1. The second kappa shape index (κ2) is 9.29. The van der Waals surface area contributed by atoms with Gasteiger partial charge in [-0.05, 0) is 60.4 Å². The Bertz CT molecular complexity index is 1540. The number of hydrogen-bond donors (Lipinski definition) is 2. The molecular formula is C28H25Cl2N5O2. The molecule has 9 heteroatoms. The van der Waals surface area contributed by atoms with Crippen molar-refractivity contribution in [2.45, 2.75) is 32.6 Å². The van der Waals surface area contributed by atoms with Crippen LogP contribution in [-0.2, 0) is 4.79 Å². The Morgan fingerprint density at radius 1 is 1.16 bits per heavy atom. The molecule has 0 spiro atoms. The minimum Gasteiger partial charge on any atom is -0.497 e. The molecule has 1 aliphatic carbocycles. The number of methoxy groups -OCH3 is 1. The number of aromatic nitrogens is 1. The number of carbonyl (C=O) groups is 1. The van der Waals surface area contributed by atoms with E-state index >= 15 is 0 Å². The summed E-state index contributed by atoms with van der Waals surface area (Å²) in [6, 6.07) is 16.7. The van der Waals surface area contributed by atoms with Gasteiger partial charge in [0.1, 0.15) is 16.7 Å². The molecule has 1 aliphatic heterocycles. The number of carbonyl (C=O) groups excluding carboxylic acids is 1. The molecule has 7 nitrogen and oxygen atoms in total. The summed E-state index contributed by atoms with van der Waals surface area (Å²) in [7, 11) is 1.60. The van der Waals surface area contributed by atoms with Crippen molar-refractivity contribution < 1.29 is 9.53 Å². The topological polar surface area (TPSA) is 104 Å². The molecule has 1 unspecified atom stereocenters. The van der Waals surface area contributed by atoms with E-state index in [4.69, 9.17) is 33.7 Å². The summed E-state index contributed by atoms with van der Waals surface area (Å²) in [6.45, 7) is 4.09. The van der Waals surface area contributed by atoms with Crippen LogP contribution in [0, 0.1) is 16.7 Å². The number of allylic oxidation sites excluding steroid dienone is 3. The number of nitrogens with one attached hydrogen (secondary N) is 1. The second-order valence-electron chi connectivity index (χ2n) is 10.0. The van der Waals surface area contributed by atoms with Crippen LogP contribution in [0.3, 0.4) is 0 Å². The molecule has 1 atom stereocenters. The number of benzene rings is 2. The summed E-state index contributed by atoms with van der Waals surface area (Å²) in [5.74, 6) is 0.105. The fraction of sp³-hybridized carbons (Fsp3) is 0.250. The zero-order chi connectivity index (χ0) is 26.5. The minimum atomic E-state index is -0.749. The molecule has 188 valence electrons. The van der Waals surface area contributed by atoms with E-state index < -0.39 is 5.92 Å². The Kier molecular flexibility index (Phi) is 6.26. The highest BCUT2D eigenvalue weighted by atomic mass is 35.5. The highest BCUT2D eigenvalue weighted by molar-refractivity contribution is 6.32. The van der Waals surface area contributed by atoms with Gasteiger partial charge < -0.3 is 10.5 Å². The average Bonchev–Trinajstić information content (AvgIpc) is 2.85. The number of nitriles is 1. The Morgan fingerprint density at radius 2 is 1.89 bits per heavy atom.